The monoisotopic (exact) mass is 1190 g/mol. The van der Waals surface area contributed by atoms with E-state index in [4.69, 9.17) is 48.7 Å². The molecular weight excluding hydrogens is 1140 g/mol. The molecule has 3 saturated heterocycles. The number of aliphatic hydroxyl groups is 3. The Morgan fingerprint density at radius 1 is 0.753 bits per heavy atom. The van der Waals surface area contributed by atoms with E-state index in [-0.39, 0.29) is 62.6 Å². The highest BCUT2D eigenvalue weighted by molar-refractivity contribution is 8.54. The van der Waals surface area contributed by atoms with Crippen LogP contribution < -0.4 is 52.0 Å². The first-order valence-electron chi connectivity index (χ1n) is 21.9. The number of anilines is 3. The number of phosphoric acid groups is 3. The van der Waals surface area contributed by atoms with Crippen LogP contribution in [0.15, 0.2) is 34.9 Å². The van der Waals surface area contributed by atoms with Gasteiger partial charge in [-0.15, -0.1) is 0 Å². The number of aliphatic hydroxyl groups excluding tert-OH is 3. The third-order valence-electron chi connectivity index (χ3n) is 12.0. The van der Waals surface area contributed by atoms with Crippen LogP contribution in [0.4, 0.5) is 17.7 Å². The van der Waals surface area contributed by atoms with Gasteiger partial charge < -0.3 is 88.9 Å². The molecule has 38 nitrogen and oxygen atoms in total. The number of nitrogen functional groups attached to an aromatic ring is 2. The number of nitrogens with zero attached hydrogens (tertiary/aromatic N) is 10. The molecule has 77 heavy (non-hydrogen) atoms. The molecule has 16 atom stereocenters. The van der Waals surface area contributed by atoms with Crippen LogP contribution in [0.2, 0.25) is 0 Å². The second-order valence-electron chi connectivity index (χ2n) is 16.8. The Labute approximate surface area is 432 Å². The number of ether oxygens (including phenoxy) is 5. The van der Waals surface area contributed by atoms with Gasteiger partial charge in [0.2, 0.25) is 17.7 Å². The quantitative estimate of drug-likeness (QED) is 0.0246. The summed E-state index contributed by atoms with van der Waals surface area (Å²) in [6.07, 6.45) is -14.6. The first-order chi connectivity index (χ1) is 36.2. The van der Waals surface area contributed by atoms with Crippen molar-refractivity contribution >= 4 is 92.9 Å². The van der Waals surface area contributed by atoms with Crippen molar-refractivity contribution in [3.8, 4) is 0 Å². The standard InChI is InChI=1S/C34H47N15O23P4S/c1-37-24-15-25(39-8-38-24)47(9-40-15)32-23(64-4)22(70-73(55,56)65-5-12-18(50)19(51)30(67-12)48-10-41-16-26(48)42-33(35)44-28(16)53)13(68-32)6-66-74(57,58)71-75(59,60)72-76(61,62)77-7-14-21(63-3)20(52)31(69-14)49-11-46(2)17-27(49)43-34(36)45-29(17)54/h8-14,18-23,30-32,50-52H,5-7H2,1-4H3,(H10-,35,36,37,38,39,42,43,44,45,53,54,55,56,57,58,59,60,61,62)/p-3/t12-,13-,14-,18?,19+,20+,21?,22+,23?,30-,31-,32-/m1/s1. The molecule has 9 rings (SSSR count). The lowest BCUT2D eigenvalue weighted by atomic mass is 10.1. The van der Waals surface area contributed by atoms with Gasteiger partial charge in [-0.05, 0) is 0 Å². The molecule has 3 aliphatic heterocycles. The van der Waals surface area contributed by atoms with Crippen LogP contribution in [0.25, 0.3) is 33.5 Å². The van der Waals surface area contributed by atoms with Crippen LogP contribution in [-0.4, -0.2) is 164 Å². The van der Waals surface area contributed by atoms with E-state index in [1.165, 1.54) is 40.5 Å². The van der Waals surface area contributed by atoms with Crippen molar-refractivity contribution in [1.29, 1.82) is 0 Å². The van der Waals surface area contributed by atoms with Crippen molar-refractivity contribution in [3.05, 3.63) is 46.0 Å². The van der Waals surface area contributed by atoms with Gasteiger partial charge >= 0.3 is 5.65 Å². The molecule has 3 fully saturated rings. The second kappa shape index (κ2) is 21.7. The summed E-state index contributed by atoms with van der Waals surface area (Å²) in [6, 6.07) is 0. The highest BCUT2D eigenvalue weighted by atomic mass is 32.7. The number of phosphoric ester groups is 2. The van der Waals surface area contributed by atoms with Gasteiger partial charge in [0.25, 0.3) is 40.5 Å². The summed E-state index contributed by atoms with van der Waals surface area (Å²) in [5.41, 5.74) is 9.85. The molecule has 422 valence electrons. The van der Waals surface area contributed by atoms with Gasteiger partial charge in [0.1, 0.15) is 66.8 Å². The fraction of sp³-hybridized carbons (Fsp3) is 0.559. The fourth-order valence-corrected chi connectivity index (χ4v) is 15.4. The van der Waals surface area contributed by atoms with E-state index in [0.29, 0.717) is 0 Å². The number of imidazole rings is 3. The van der Waals surface area contributed by atoms with Gasteiger partial charge in [-0.25, -0.2) is 28.8 Å². The molecule has 6 aromatic rings. The third-order valence-corrected chi connectivity index (χ3v) is 19.4. The van der Waals surface area contributed by atoms with E-state index in [2.05, 4.69) is 53.8 Å². The molecule has 43 heteroatoms. The van der Waals surface area contributed by atoms with Gasteiger partial charge in [-0.2, -0.15) is 4.98 Å². The Kier molecular flexibility index (Phi) is 16.1. The molecule has 10 N–H and O–H groups in total. The normalized spacial score (nSPS) is 30.0. The van der Waals surface area contributed by atoms with Crippen LogP contribution in [0.5, 0.6) is 0 Å². The molecular formula is C34H44N15O23P4S-3. The number of nitrogens with one attached hydrogen (secondary N) is 3. The van der Waals surface area contributed by atoms with Crippen molar-refractivity contribution in [2.45, 2.75) is 73.6 Å². The maximum atomic E-state index is 13.6. The number of fused-ring (bicyclic) bond motifs is 3. The number of aromatic nitrogens is 12. The summed E-state index contributed by atoms with van der Waals surface area (Å²) in [5.74, 6) is -1.07. The Hall–Kier alpha value is -4.76. The minimum Gasteiger partial charge on any atom is -0.770 e. The van der Waals surface area contributed by atoms with E-state index in [0.717, 1.165) is 31.4 Å². The van der Waals surface area contributed by atoms with Gasteiger partial charge in [0.15, 0.2) is 48.2 Å². The smallest absolute Gasteiger partial charge is 0.313 e. The zero-order chi connectivity index (χ0) is 55.7. The largest absolute Gasteiger partial charge is 0.770 e. The van der Waals surface area contributed by atoms with E-state index < -0.39 is 134 Å². The van der Waals surface area contributed by atoms with Crippen LogP contribution in [-0.2, 0) is 71.2 Å². The van der Waals surface area contributed by atoms with Crippen molar-refractivity contribution in [2.24, 2.45) is 7.05 Å². The summed E-state index contributed by atoms with van der Waals surface area (Å²) in [7, 11) is -13.2. The lowest BCUT2D eigenvalue weighted by molar-refractivity contribution is -0.745. The van der Waals surface area contributed by atoms with Crippen molar-refractivity contribution in [3.63, 3.8) is 0 Å². The average Bonchev–Trinajstić information content (AvgIpc) is 4.21. The first kappa shape index (κ1) is 56.9. The molecule has 0 spiro atoms. The average molecular weight is 1190 g/mol. The zero-order valence-electron chi connectivity index (χ0n) is 39.7. The van der Waals surface area contributed by atoms with Gasteiger partial charge in [-0.1, -0.05) is 16.4 Å². The minimum absolute atomic E-state index is 0.0254. The number of hydrogen-bond donors (Lipinski definition) is 8. The molecule has 0 bridgehead atoms. The Bertz CT molecular complexity index is 3510. The molecule has 7 unspecified atom stereocenters. The second-order valence-corrected chi connectivity index (χ2v) is 25.1. The lowest BCUT2D eigenvalue weighted by Crippen LogP contribution is -2.46. The number of aromatic amines is 2. The number of aryl methyl sites for hydroxylation is 1. The van der Waals surface area contributed by atoms with Gasteiger partial charge in [0, 0.05) is 27.0 Å². The zero-order valence-corrected chi connectivity index (χ0v) is 44.1. The predicted molar refractivity (Wildman–Crippen MR) is 247 cm³/mol. The fourth-order valence-electron chi connectivity index (χ4n) is 8.70. The van der Waals surface area contributed by atoms with Crippen molar-refractivity contribution < 1.29 is 104 Å². The highest BCUT2D eigenvalue weighted by Crippen LogP contribution is 2.67. The van der Waals surface area contributed by atoms with Crippen molar-refractivity contribution in [1.82, 2.24) is 53.6 Å². The minimum atomic E-state index is -6.46. The molecule has 3 aliphatic rings. The van der Waals surface area contributed by atoms with E-state index >= 15 is 0 Å². The third kappa shape index (κ3) is 11.5. The van der Waals surface area contributed by atoms with Crippen LogP contribution in [0.1, 0.15) is 18.7 Å². The number of H-pyrrole nitrogens is 2. The topological polar surface area (TPSA) is 539 Å². The van der Waals surface area contributed by atoms with Crippen molar-refractivity contribution in [2.75, 3.05) is 57.0 Å². The summed E-state index contributed by atoms with van der Waals surface area (Å²) in [6.45, 7) is -8.12. The van der Waals surface area contributed by atoms with Crippen LogP contribution in [0, 0.1) is 0 Å². The molecule has 6 aromatic heterocycles. The number of methoxy groups -OCH3 is 2. The summed E-state index contributed by atoms with van der Waals surface area (Å²) in [5, 5.41) is 35.6. The number of nitrogens with two attached hydrogens (primary N) is 2. The highest BCUT2D eigenvalue weighted by Gasteiger charge is 2.52. The number of rotatable bonds is 21. The summed E-state index contributed by atoms with van der Waals surface area (Å²) >= 11 is -0.205. The number of hydrogen-bond acceptors (Lipinski definition) is 33. The summed E-state index contributed by atoms with van der Waals surface area (Å²) in [4.78, 5) is 107. The molecule has 0 radical (unpaired) electrons. The Morgan fingerprint density at radius 3 is 2.09 bits per heavy atom. The maximum absolute atomic E-state index is 13.6. The Balaban J connectivity index is 0.872. The molecule has 0 amide bonds. The molecule has 9 heterocycles. The van der Waals surface area contributed by atoms with Gasteiger partial charge in [0.05, 0.1) is 32.9 Å². The SMILES string of the molecule is CNc1ncnc2c1ncn2[C@@H]1O[C@H](COP(=O)([O-])OP(=O)([O-])OP(=O)([O-])SC[C@H]2O[C@@H]([n+]3cn(C)c4c(=O)[nH]c(N)nc43)[C@@H](O)C2OC)[C@H](OP(=O)([O-])OC[C@H]2O[C@@H](n3cnc4c(=O)[nH]c(N)nc43)[C@@H](O)C2O)C1OC. The van der Waals surface area contributed by atoms with E-state index in [1.807, 2.05) is 0 Å². The van der Waals surface area contributed by atoms with E-state index in [9.17, 15) is 62.7 Å². The van der Waals surface area contributed by atoms with Gasteiger partial charge in [-0.3, -0.25) is 55.8 Å². The van der Waals surface area contributed by atoms with Crippen LogP contribution >= 0.6 is 41.6 Å². The molecule has 0 aromatic carbocycles. The Morgan fingerprint density at radius 2 is 1.39 bits per heavy atom. The van der Waals surface area contributed by atoms with Crippen LogP contribution in [0.3, 0.4) is 0 Å². The molecule has 0 aliphatic carbocycles. The van der Waals surface area contributed by atoms with E-state index in [1.54, 1.807) is 0 Å². The lowest BCUT2D eigenvalue weighted by Gasteiger charge is -2.35. The molecule has 0 saturated carbocycles. The predicted octanol–water partition coefficient (Wildman–Crippen LogP) is -5.41. The maximum Gasteiger partial charge on any atom is 0.313 e. The summed E-state index contributed by atoms with van der Waals surface area (Å²) < 4.78 is 109. The first-order valence-corrected chi connectivity index (χ1v) is 29.4.